The highest BCUT2D eigenvalue weighted by molar-refractivity contribution is 9.11. The molecule has 0 fully saturated rings. The van der Waals surface area contributed by atoms with E-state index >= 15 is 0 Å². The van der Waals surface area contributed by atoms with Crippen LogP contribution in [-0.4, -0.2) is 6.54 Å². The molecule has 0 aliphatic heterocycles. The smallest absolute Gasteiger partial charge is 0.0359 e. The lowest BCUT2D eigenvalue weighted by molar-refractivity contribution is 0.345. The lowest BCUT2D eigenvalue weighted by Gasteiger charge is -2.28. The minimum Gasteiger partial charge on any atom is -0.310 e. The lowest BCUT2D eigenvalue weighted by atomic mass is 9.88. The van der Waals surface area contributed by atoms with Crippen molar-refractivity contribution in [3.63, 3.8) is 0 Å². The molecule has 1 unspecified atom stereocenters. The molecule has 0 amide bonds. The van der Waals surface area contributed by atoms with Crippen LogP contribution in [0.1, 0.15) is 50.8 Å². The molecule has 0 aromatic heterocycles. The largest absolute Gasteiger partial charge is 0.310 e. The van der Waals surface area contributed by atoms with E-state index < -0.39 is 0 Å². The zero-order valence-corrected chi connectivity index (χ0v) is 14.9. The van der Waals surface area contributed by atoms with Gasteiger partial charge >= 0.3 is 0 Å². The third-order valence-corrected chi connectivity index (χ3v) is 5.10. The first-order chi connectivity index (χ1) is 8.54. The van der Waals surface area contributed by atoms with Crippen molar-refractivity contribution in [1.82, 2.24) is 5.32 Å². The van der Waals surface area contributed by atoms with Gasteiger partial charge in [-0.1, -0.05) is 65.5 Å². The molecule has 0 saturated heterocycles. The summed E-state index contributed by atoms with van der Waals surface area (Å²) >= 11 is 7.36. The molecule has 0 heterocycles. The van der Waals surface area contributed by atoms with Gasteiger partial charge in [0.15, 0.2) is 0 Å². The molecule has 1 rings (SSSR count). The van der Waals surface area contributed by atoms with Gasteiger partial charge in [0.1, 0.15) is 0 Å². The van der Waals surface area contributed by atoms with Gasteiger partial charge in [-0.15, -0.1) is 0 Å². The molecule has 102 valence electrons. The predicted octanol–water partition coefficient (Wildman–Crippen LogP) is 5.61. The van der Waals surface area contributed by atoms with Crippen molar-refractivity contribution in [3.8, 4) is 0 Å². The van der Waals surface area contributed by atoms with Crippen molar-refractivity contribution in [3.05, 3.63) is 32.2 Å². The number of benzene rings is 1. The van der Waals surface area contributed by atoms with Crippen LogP contribution in [0.15, 0.2) is 21.1 Å². The average Bonchev–Trinajstić information content (AvgIpc) is 2.34. The summed E-state index contributed by atoms with van der Waals surface area (Å²) in [6.45, 7) is 9.84. The summed E-state index contributed by atoms with van der Waals surface area (Å²) in [6.07, 6.45) is 2.40. The van der Waals surface area contributed by atoms with E-state index in [0.717, 1.165) is 6.54 Å². The first-order valence-electron chi connectivity index (χ1n) is 6.73. The maximum Gasteiger partial charge on any atom is 0.0359 e. The molecule has 0 spiro atoms. The van der Waals surface area contributed by atoms with E-state index in [2.05, 4.69) is 77.0 Å². The highest BCUT2D eigenvalue weighted by Crippen LogP contribution is 2.35. The van der Waals surface area contributed by atoms with Gasteiger partial charge in [0.25, 0.3) is 0 Å². The molecule has 1 N–H and O–H groups in total. The fourth-order valence-corrected chi connectivity index (χ4v) is 3.48. The Morgan fingerprint density at radius 3 is 2.17 bits per heavy atom. The monoisotopic (exact) mass is 375 g/mol. The van der Waals surface area contributed by atoms with Crippen molar-refractivity contribution in [2.75, 3.05) is 6.54 Å². The molecule has 1 nitrogen and oxygen atoms in total. The fraction of sp³-hybridized carbons (Fsp3) is 0.600. The Labute approximate surface area is 128 Å². The zero-order valence-electron chi connectivity index (χ0n) is 11.7. The third-order valence-electron chi connectivity index (χ3n) is 3.56. The topological polar surface area (TPSA) is 12.0 Å². The molecule has 0 radical (unpaired) electrons. The summed E-state index contributed by atoms with van der Waals surface area (Å²) in [7, 11) is 0. The van der Waals surface area contributed by atoms with Crippen LogP contribution in [-0.2, 0) is 0 Å². The second kappa shape index (κ2) is 7.66. The van der Waals surface area contributed by atoms with Crippen LogP contribution in [0.4, 0.5) is 0 Å². The van der Waals surface area contributed by atoms with Crippen LogP contribution >= 0.6 is 31.9 Å². The maximum atomic E-state index is 3.72. The Kier molecular flexibility index (Phi) is 6.89. The Hall–Kier alpha value is 0.140. The Morgan fingerprint density at radius 2 is 1.67 bits per heavy atom. The summed E-state index contributed by atoms with van der Waals surface area (Å²) in [4.78, 5) is 0. The van der Waals surface area contributed by atoms with Crippen molar-refractivity contribution < 1.29 is 0 Å². The lowest BCUT2D eigenvalue weighted by Crippen LogP contribution is -2.28. The Balaban J connectivity index is 3.16. The first-order valence-corrected chi connectivity index (χ1v) is 8.32. The number of hydrogen-bond acceptors (Lipinski definition) is 1. The van der Waals surface area contributed by atoms with E-state index in [9.17, 15) is 0 Å². The van der Waals surface area contributed by atoms with Crippen molar-refractivity contribution in [2.24, 2.45) is 5.92 Å². The third kappa shape index (κ3) is 3.82. The number of aryl methyl sites for hydroxylation is 1. The summed E-state index contributed by atoms with van der Waals surface area (Å²) < 4.78 is 2.40. The molecule has 3 heteroatoms. The van der Waals surface area contributed by atoms with Crippen molar-refractivity contribution in [1.29, 1.82) is 0 Å². The van der Waals surface area contributed by atoms with E-state index in [4.69, 9.17) is 0 Å². The fourth-order valence-electron chi connectivity index (χ4n) is 2.41. The van der Waals surface area contributed by atoms with Crippen LogP contribution in [0.2, 0.25) is 0 Å². The van der Waals surface area contributed by atoms with E-state index in [1.54, 1.807) is 0 Å². The normalized spacial score (nSPS) is 13.1. The standard InChI is InChI=1S/C15H23Br2N/c1-5-11(6-2)15(18-7-3)12-9-13(16)10(4)8-14(12)17/h8-9,11,15,18H,5-7H2,1-4H3. The molecule has 1 aromatic carbocycles. The van der Waals surface area contributed by atoms with E-state index in [-0.39, 0.29) is 0 Å². The maximum absolute atomic E-state index is 3.72. The van der Waals surface area contributed by atoms with Crippen molar-refractivity contribution in [2.45, 2.75) is 46.6 Å². The molecule has 1 aromatic rings. The summed E-state index contributed by atoms with van der Waals surface area (Å²) in [6, 6.07) is 4.88. The van der Waals surface area contributed by atoms with Crippen LogP contribution in [0.5, 0.6) is 0 Å². The van der Waals surface area contributed by atoms with Crippen LogP contribution in [0.25, 0.3) is 0 Å². The predicted molar refractivity (Wildman–Crippen MR) is 87.1 cm³/mol. The summed E-state index contributed by atoms with van der Waals surface area (Å²) in [5.74, 6) is 0.677. The highest BCUT2D eigenvalue weighted by Gasteiger charge is 2.22. The highest BCUT2D eigenvalue weighted by atomic mass is 79.9. The molecule has 0 aliphatic carbocycles. The molecular formula is C15H23Br2N. The van der Waals surface area contributed by atoms with Gasteiger partial charge in [-0.2, -0.15) is 0 Å². The Bertz CT molecular complexity index is 386. The number of nitrogens with one attached hydrogen (secondary N) is 1. The first kappa shape index (κ1) is 16.2. The quantitative estimate of drug-likeness (QED) is 0.680. The van der Waals surface area contributed by atoms with Gasteiger partial charge in [-0.05, 0) is 42.6 Å². The molecule has 18 heavy (non-hydrogen) atoms. The van der Waals surface area contributed by atoms with Gasteiger partial charge in [0, 0.05) is 15.0 Å². The SMILES string of the molecule is CCNC(c1cc(Br)c(C)cc1Br)C(CC)CC. The zero-order chi connectivity index (χ0) is 13.7. The molecular weight excluding hydrogens is 354 g/mol. The average molecular weight is 377 g/mol. The van der Waals surface area contributed by atoms with Crippen LogP contribution in [0, 0.1) is 12.8 Å². The minimum atomic E-state index is 0.427. The number of halogens is 2. The number of rotatable bonds is 6. The number of hydrogen-bond donors (Lipinski definition) is 1. The molecule has 0 bridgehead atoms. The van der Waals surface area contributed by atoms with Crippen LogP contribution < -0.4 is 5.32 Å². The van der Waals surface area contributed by atoms with Gasteiger partial charge in [-0.25, -0.2) is 0 Å². The second-order valence-corrected chi connectivity index (χ2v) is 6.44. The van der Waals surface area contributed by atoms with E-state index in [0.29, 0.717) is 12.0 Å². The van der Waals surface area contributed by atoms with Gasteiger partial charge < -0.3 is 5.32 Å². The van der Waals surface area contributed by atoms with Gasteiger partial charge in [0.05, 0.1) is 0 Å². The van der Waals surface area contributed by atoms with Gasteiger partial charge in [-0.3, -0.25) is 0 Å². The Morgan fingerprint density at radius 1 is 1.06 bits per heavy atom. The van der Waals surface area contributed by atoms with E-state index in [1.165, 1.54) is 32.9 Å². The van der Waals surface area contributed by atoms with Crippen molar-refractivity contribution >= 4 is 31.9 Å². The molecule has 0 aliphatic rings. The van der Waals surface area contributed by atoms with E-state index in [1.807, 2.05) is 0 Å². The summed E-state index contributed by atoms with van der Waals surface area (Å²) in [5, 5.41) is 3.64. The molecule has 1 atom stereocenters. The second-order valence-electron chi connectivity index (χ2n) is 4.73. The molecule has 0 saturated carbocycles. The summed E-state index contributed by atoms with van der Waals surface area (Å²) in [5.41, 5.74) is 2.63. The van der Waals surface area contributed by atoms with Gasteiger partial charge in [0.2, 0.25) is 0 Å². The van der Waals surface area contributed by atoms with Crippen LogP contribution in [0.3, 0.4) is 0 Å². The minimum absolute atomic E-state index is 0.427.